The first-order chi connectivity index (χ1) is 9.63. The number of benzene rings is 1. The number of anilines is 2. The second kappa shape index (κ2) is 4.96. The Balaban J connectivity index is 1.80. The van der Waals surface area contributed by atoms with Gasteiger partial charge in [0.05, 0.1) is 0 Å². The van der Waals surface area contributed by atoms with Gasteiger partial charge in [-0.2, -0.15) is 0 Å². The molecule has 1 aliphatic heterocycles. The van der Waals surface area contributed by atoms with Crippen LogP contribution in [-0.4, -0.2) is 22.0 Å². The van der Waals surface area contributed by atoms with Crippen molar-refractivity contribution in [2.45, 2.75) is 19.9 Å². The Morgan fingerprint density at radius 2 is 2.35 bits per heavy atom. The number of hydrogen-bond donors (Lipinski definition) is 2. The Morgan fingerprint density at radius 3 is 3.10 bits per heavy atom. The molecule has 0 atom stereocenters. The van der Waals surface area contributed by atoms with Crippen molar-refractivity contribution in [1.29, 1.82) is 0 Å². The summed E-state index contributed by atoms with van der Waals surface area (Å²) in [6, 6.07) is 4.26. The largest absolute Gasteiger partial charge is 0.356 e. The van der Waals surface area contributed by atoms with Crippen LogP contribution < -0.4 is 10.6 Å². The van der Waals surface area contributed by atoms with E-state index >= 15 is 0 Å². The van der Waals surface area contributed by atoms with Crippen LogP contribution in [0.4, 0.5) is 16.0 Å². The first kappa shape index (κ1) is 12.7. The summed E-state index contributed by atoms with van der Waals surface area (Å²) in [6.45, 7) is 3.48. The summed E-state index contributed by atoms with van der Waals surface area (Å²) in [5.74, 6) is 0.114. The Kier molecular flexibility index (Phi) is 3.14. The fourth-order valence-corrected chi connectivity index (χ4v) is 2.24. The Morgan fingerprint density at radius 1 is 1.50 bits per heavy atom. The van der Waals surface area contributed by atoms with Crippen LogP contribution in [0, 0.1) is 12.7 Å². The van der Waals surface area contributed by atoms with Crippen molar-refractivity contribution >= 4 is 17.5 Å². The highest BCUT2D eigenvalue weighted by Gasteiger charge is 2.17. The molecule has 0 radical (unpaired) electrons. The molecule has 0 spiro atoms. The smallest absolute Gasteiger partial charge is 0.275 e. The number of carbonyl (C=O) groups excluding carboxylic acids is 1. The van der Waals surface area contributed by atoms with Crippen molar-refractivity contribution in [2.75, 3.05) is 17.2 Å². The number of fused-ring (bicyclic) bond motifs is 1. The Labute approximate surface area is 115 Å². The molecule has 0 bridgehead atoms. The van der Waals surface area contributed by atoms with Gasteiger partial charge in [0.1, 0.15) is 11.5 Å². The van der Waals surface area contributed by atoms with Crippen LogP contribution in [0.15, 0.2) is 24.4 Å². The third kappa shape index (κ3) is 2.36. The minimum atomic E-state index is -0.317. The van der Waals surface area contributed by atoms with Gasteiger partial charge in [-0.05, 0) is 37.1 Å². The van der Waals surface area contributed by atoms with Gasteiger partial charge in [-0.3, -0.25) is 4.79 Å². The minimum Gasteiger partial charge on any atom is -0.356 e. The van der Waals surface area contributed by atoms with E-state index in [4.69, 9.17) is 0 Å². The van der Waals surface area contributed by atoms with Crippen LogP contribution in [0.1, 0.15) is 22.5 Å². The molecule has 0 aliphatic carbocycles. The molecule has 104 valence electrons. The van der Waals surface area contributed by atoms with Gasteiger partial charge in [-0.25, -0.2) is 9.37 Å². The SMILES string of the molecule is Cc1cc(F)ccc1NC(=O)c1cn2c(n1)NCCC2. The summed E-state index contributed by atoms with van der Waals surface area (Å²) in [5, 5.41) is 5.90. The molecular formula is C14H15FN4O. The highest BCUT2D eigenvalue weighted by Crippen LogP contribution is 2.18. The fraction of sp³-hybridized carbons (Fsp3) is 0.286. The number of hydrogen-bond acceptors (Lipinski definition) is 3. The predicted octanol–water partition coefficient (Wildman–Crippen LogP) is 2.40. The van der Waals surface area contributed by atoms with Gasteiger partial charge >= 0.3 is 0 Å². The van der Waals surface area contributed by atoms with E-state index in [1.165, 1.54) is 12.1 Å². The summed E-state index contributed by atoms with van der Waals surface area (Å²) in [5.41, 5.74) is 1.63. The number of nitrogens with one attached hydrogen (secondary N) is 2. The molecule has 0 unspecified atom stereocenters. The van der Waals surface area contributed by atoms with E-state index < -0.39 is 0 Å². The van der Waals surface area contributed by atoms with Crippen molar-refractivity contribution in [1.82, 2.24) is 9.55 Å². The van der Waals surface area contributed by atoms with Crippen LogP contribution in [0.5, 0.6) is 0 Å². The number of aryl methyl sites for hydroxylation is 2. The van der Waals surface area contributed by atoms with Gasteiger partial charge in [-0.1, -0.05) is 0 Å². The maximum Gasteiger partial charge on any atom is 0.275 e. The number of aromatic nitrogens is 2. The molecule has 6 heteroatoms. The van der Waals surface area contributed by atoms with E-state index in [2.05, 4.69) is 15.6 Å². The summed E-state index contributed by atoms with van der Waals surface area (Å²) >= 11 is 0. The molecule has 2 N–H and O–H groups in total. The van der Waals surface area contributed by atoms with Gasteiger partial charge in [0.25, 0.3) is 5.91 Å². The lowest BCUT2D eigenvalue weighted by Gasteiger charge is -2.14. The van der Waals surface area contributed by atoms with E-state index in [1.54, 1.807) is 19.2 Å². The maximum atomic E-state index is 13.0. The second-order valence-electron chi connectivity index (χ2n) is 4.84. The van der Waals surface area contributed by atoms with Crippen molar-refractivity contribution in [3.05, 3.63) is 41.5 Å². The topological polar surface area (TPSA) is 59.0 Å². The highest BCUT2D eigenvalue weighted by molar-refractivity contribution is 6.03. The molecule has 0 saturated heterocycles. The molecule has 20 heavy (non-hydrogen) atoms. The number of rotatable bonds is 2. The second-order valence-corrected chi connectivity index (χ2v) is 4.84. The van der Waals surface area contributed by atoms with Crippen molar-refractivity contribution < 1.29 is 9.18 Å². The van der Waals surface area contributed by atoms with Crippen LogP contribution in [0.3, 0.4) is 0 Å². The molecule has 1 aromatic carbocycles. The third-order valence-corrected chi connectivity index (χ3v) is 3.30. The van der Waals surface area contributed by atoms with Crippen molar-refractivity contribution in [3.8, 4) is 0 Å². The Bertz CT molecular complexity index is 642. The molecule has 0 saturated carbocycles. The molecule has 1 amide bonds. The molecular weight excluding hydrogens is 259 g/mol. The zero-order chi connectivity index (χ0) is 14.1. The quantitative estimate of drug-likeness (QED) is 0.884. The zero-order valence-electron chi connectivity index (χ0n) is 11.1. The molecule has 1 aliphatic rings. The highest BCUT2D eigenvalue weighted by atomic mass is 19.1. The standard InChI is InChI=1S/C14H15FN4O/c1-9-7-10(15)3-4-11(9)17-13(20)12-8-19-6-2-5-16-14(19)18-12/h3-4,7-8H,2,5-6H2,1H3,(H,16,18)(H,17,20). The fourth-order valence-electron chi connectivity index (χ4n) is 2.24. The minimum absolute atomic E-state index is 0.289. The summed E-state index contributed by atoms with van der Waals surface area (Å²) < 4.78 is 15.0. The maximum absolute atomic E-state index is 13.0. The van der Waals surface area contributed by atoms with E-state index in [0.717, 1.165) is 25.5 Å². The van der Waals surface area contributed by atoms with Gasteiger partial charge in [0.2, 0.25) is 5.95 Å². The van der Waals surface area contributed by atoms with Gasteiger partial charge in [0, 0.05) is 25.0 Å². The molecule has 3 rings (SSSR count). The predicted molar refractivity (Wildman–Crippen MR) is 74.4 cm³/mol. The average molecular weight is 274 g/mol. The average Bonchev–Trinajstić information content (AvgIpc) is 2.86. The van der Waals surface area contributed by atoms with Crippen molar-refractivity contribution in [3.63, 3.8) is 0 Å². The molecule has 2 aromatic rings. The first-order valence-corrected chi connectivity index (χ1v) is 6.52. The van der Waals surface area contributed by atoms with Gasteiger partial charge in [-0.15, -0.1) is 0 Å². The molecule has 1 aromatic heterocycles. The third-order valence-electron chi connectivity index (χ3n) is 3.30. The van der Waals surface area contributed by atoms with Crippen LogP contribution in [0.25, 0.3) is 0 Å². The number of amides is 1. The number of imidazole rings is 1. The van der Waals surface area contributed by atoms with Gasteiger partial charge in [0.15, 0.2) is 0 Å². The van der Waals surface area contributed by atoms with Crippen molar-refractivity contribution in [2.24, 2.45) is 0 Å². The monoisotopic (exact) mass is 274 g/mol. The zero-order valence-corrected chi connectivity index (χ0v) is 11.1. The summed E-state index contributed by atoms with van der Waals surface area (Å²) in [6.07, 6.45) is 2.75. The van der Waals surface area contributed by atoms with E-state index in [1.807, 2.05) is 4.57 Å². The summed E-state index contributed by atoms with van der Waals surface area (Å²) in [7, 11) is 0. The lowest BCUT2D eigenvalue weighted by atomic mass is 10.2. The Hall–Kier alpha value is -2.37. The van der Waals surface area contributed by atoms with Crippen LogP contribution in [0.2, 0.25) is 0 Å². The first-order valence-electron chi connectivity index (χ1n) is 6.52. The van der Waals surface area contributed by atoms with E-state index in [0.29, 0.717) is 16.9 Å². The lowest BCUT2D eigenvalue weighted by molar-refractivity contribution is 0.102. The van der Waals surface area contributed by atoms with Crippen LogP contribution in [-0.2, 0) is 6.54 Å². The normalized spacial score (nSPS) is 13.5. The molecule has 5 nitrogen and oxygen atoms in total. The van der Waals surface area contributed by atoms with Crippen LogP contribution >= 0.6 is 0 Å². The lowest BCUT2D eigenvalue weighted by Crippen LogP contribution is -2.16. The summed E-state index contributed by atoms with van der Waals surface area (Å²) in [4.78, 5) is 16.4. The number of carbonyl (C=O) groups is 1. The number of nitrogens with zero attached hydrogens (tertiary/aromatic N) is 2. The van der Waals surface area contributed by atoms with E-state index in [-0.39, 0.29) is 11.7 Å². The number of halogens is 1. The molecule has 0 fully saturated rings. The molecule has 2 heterocycles. The van der Waals surface area contributed by atoms with E-state index in [9.17, 15) is 9.18 Å². The van der Waals surface area contributed by atoms with Gasteiger partial charge < -0.3 is 15.2 Å².